The normalized spacial score (nSPS) is 23.1. The molecule has 2 aliphatic rings. The second-order valence-corrected chi connectivity index (χ2v) is 8.94. The van der Waals surface area contributed by atoms with E-state index < -0.39 is 0 Å². The fourth-order valence-electron chi connectivity index (χ4n) is 5.20. The SMILES string of the molecule is C/C(=N/NC(=O)c1cc(-c2ccccc2)nc2c(Cl)cccc12)[C@@H]1C[C@@H]2CC[C@@H]1C2. The van der Waals surface area contributed by atoms with Crippen LogP contribution in [0.4, 0.5) is 0 Å². The number of halogens is 1. The van der Waals surface area contributed by atoms with E-state index in [1.807, 2.05) is 55.5 Å². The highest BCUT2D eigenvalue weighted by atomic mass is 35.5. The maximum absolute atomic E-state index is 13.1. The molecule has 0 saturated heterocycles. The van der Waals surface area contributed by atoms with E-state index >= 15 is 0 Å². The van der Waals surface area contributed by atoms with E-state index in [0.29, 0.717) is 22.0 Å². The van der Waals surface area contributed by atoms with Crippen molar-refractivity contribution in [3.05, 3.63) is 65.2 Å². The number of nitrogens with zero attached hydrogens (tertiary/aromatic N) is 2. The van der Waals surface area contributed by atoms with E-state index in [0.717, 1.165) is 34.2 Å². The van der Waals surface area contributed by atoms with E-state index in [1.54, 1.807) is 6.07 Å². The number of para-hydroxylation sites is 1. The van der Waals surface area contributed by atoms with Gasteiger partial charge in [0.2, 0.25) is 0 Å². The summed E-state index contributed by atoms with van der Waals surface area (Å²) in [6.07, 6.45) is 5.18. The predicted molar refractivity (Wildman–Crippen MR) is 122 cm³/mol. The van der Waals surface area contributed by atoms with Crippen LogP contribution in [-0.2, 0) is 0 Å². The lowest BCUT2D eigenvalue weighted by Gasteiger charge is -2.21. The lowest BCUT2D eigenvalue weighted by Crippen LogP contribution is -2.24. The molecule has 3 atom stereocenters. The number of aromatic nitrogens is 1. The van der Waals surface area contributed by atoms with Gasteiger partial charge in [0.05, 0.1) is 21.8 Å². The zero-order valence-corrected chi connectivity index (χ0v) is 17.7. The number of benzene rings is 2. The van der Waals surface area contributed by atoms with Gasteiger partial charge in [0.25, 0.3) is 5.91 Å². The van der Waals surface area contributed by atoms with Gasteiger partial charge in [-0.3, -0.25) is 4.79 Å². The Morgan fingerprint density at radius 2 is 1.93 bits per heavy atom. The second-order valence-electron chi connectivity index (χ2n) is 8.53. The first-order chi connectivity index (χ1) is 14.6. The van der Waals surface area contributed by atoms with Gasteiger partial charge < -0.3 is 0 Å². The Bertz CT molecular complexity index is 1140. The lowest BCUT2D eigenvalue weighted by atomic mass is 9.86. The molecular formula is C25H24ClN3O. The van der Waals surface area contributed by atoms with E-state index in [9.17, 15) is 4.79 Å². The summed E-state index contributed by atoms with van der Waals surface area (Å²) in [5.41, 5.74) is 6.66. The highest BCUT2D eigenvalue weighted by Crippen LogP contribution is 2.48. The Morgan fingerprint density at radius 3 is 2.67 bits per heavy atom. The van der Waals surface area contributed by atoms with E-state index in [4.69, 9.17) is 16.6 Å². The minimum absolute atomic E-state index is 0.232. The molecule has 4 nitrogen and oxygen atoms in total. The number of carbonyl (C=O) groups is 1. The summed E-state index contributed by atoms with van der Waals surface area (Å²) in [5, 5.41) is 5.75. The Kier molecular flexibility index (Phi) is 5.03. The van der Waals surface area contributed by atoms with Crippen LogP contribution in [0.25, 0.3) is 22.2 Å². The number of rotatable bonds is 4. The fraction of sp³-hybridized carbons (Fsp3) is 0.320. The molecule has 5 rings (SSSR count). The van der Waals surface area contributed by atoms with Crippen molar-refractivity contribution in [1.29, 1.82) is 0 Å². The summed E-state index contributed by atoms with van der Waals surface area (Å²) in [6, 6.07) is 17.2. The summed E-state index contributed by atoms with van der Waals surface area (Å²) in [5.74, 6) is 1.86. The average molecular weight is 418 g/mol. The number of hydrogen-bond acceptors (Lipinski definition) is 3. The number of nitrogens with one attached hydrogen (secondary N) is 1. The maximum atomic E-state index is 13.1. The predicted octanol–water partition coefficient (Wildman–Crippen LogP) is 6.10. The van der Waals surface area contributed by atoms with Gasteiger partial charge in [-0.25, -0.2) is 10.4 Å². The first-order valence-electron chi connectivity index (χ1n) is 10.6. The Labute approximate surface area is 181 Å². The van der Waals surface area contributed by atoms with Crippen molar-refractivity contribution in [2.45, 2.75) is 32.6 Å². The molecule has 30 heavy (non-hydrogen) atoms. The molecule has 3 aromatic rings. The van der Waals surface area contributed by atoms with Crippen LogP contribution in [-0.4, -0.2) is 16.6 Å². The van der Waals surface area contributed by atoms with Crippen LogP contribution < -0.4 is 5.43 Å². The highest BCUT2D eigenvalue weighted by molar-refractivity contribution is 6.35. The summed E-state index contributed by atoms with van der Waals surface area (Å²) < 4.78 is 0. The molecule has 2 fully saturated rings. The molecule has 2 bridgehead atoms. The van der Waals surface area contributed by atoms with Gasteiger partial charge in [-0.05, 0) is 50.2 Å². The fourth-order valence-corrected chi connectivity index (χ4v) is 5.41. The van der Waals surface area contributed by atoms with Crippen molar-refractivity contribution in [3.63, 3.8) is 0 Å². The van der Waals surface area contributed by atoms with Gasteiger partial charge in [-0.2, -0.15) is 5.10 Å². The summed E-state index contributed by atoms with van der Waals surface area (Å²) >= 11 is 6.42. The molecule has 152 valence electrons. The minimum atomic E-state index is -0.232. The van der Waals surface area contributed by atoms with Crippen LogP contribution >= 0.6 is 11.6 Å². The summed E-state index contributed by atoms with van der Waals surface area (Å²) in [4.78, 5) is 17.9. The van der Waals surface area contributed by atoms with Crippen molar-refractivity contribution in [3.8, 4) is 11.3 Å². The molecule has 5 heteroatoms. The van der Waals surface area contributed by atoms with Crippen molar-refractivity contribution < 1.29 is 4.79 Å². The molecule has 0 spiro atoms. The molecule has 1 aromatic heterocycles. The Balaban J connectivity index is 1.49. The molecule has 1 N–H and O–H groups in total. The third kappa shape index (κ3) is 3.50. The zero-order chi connectivity index (χ0) is 20.7. The van der Waals surface area contributed by atoms with Gasteiger partial charge in [0, 0.05) is 22.6 Å². The number of amides is 1. The monoisotopic (exact) mass is 417 g/mol. The van der Waals surface area contributed by atoms with E-state index in [1.165, 1.54) is 25.7 Å². The number of carbonyl (C=O) groups excluding carboxylic acids is 1. The van der Waals surface area contributed by atoms with E-state index in [-0.39, 0.29) is 5.91 Å². The van der Waals surface area contributed by atoms with Gasteiger partial charge >= 0.3 is 0 Å². The molecule has 2 saturated carbocycles. The first kappa shape index (κ1) is 19.3. The van der Waals surface area contributed by atoms with Crippen molar-refractivity contribution in [2.24, 2.45) is 22.9 Å². The van der Waals surface area contributed by atoms with Crippen LogP contribution in [0.2, 0.25) is 5.02 Å². The number of fused-ring (bicyclic) bond motifs is 3. The van der Waals surface area contributed by atoms with Crippen LogP contribution in [0.1, 0.15) is 43.0 Å². The van der Waals surface area contributed by atoms with Crippen LogP contribution in [0.5, 0.6) is 0 Å². The first-order valence-corrected chi connectivity index (χ1v) is 11.0. The van der Waals surface area contributed by atoms with E-state index in [2.05, 4.69) is 10.5 Å². The van der Waals surface area contributed by atoms with Crippen molar-refractivity contribution >= 4 is 34.1 Å². The highest BCUT2D eigenvalue weighted by Gasteiger charge is 2.40. The maximum Gasteiger partial charge on any atom is 0.272 e. The summed E-state index contributed by atoms with van der Waals surface area (Å²) in [6.45, 7) is 2.04. The molecule has 0 radical (unpaired) electrons. The summed E-state index contributed by atoms with van der Waals surface area (Å²) in [7, 11) is 0. The number of hydrazone groups is 1. The molecule has 1 heterocycles. The molecule has 1 amide bonds. The molecular weight excluding hydrogens is 394 g/mol. The standard InChI is InChI=1S/C25H24ClN3O/c1-15(20-13-16-10-11-18(20)12-16)28-29-25(30)21-14-23(17-6-3-2-4-7-17)27-24-19(21)8-5-9-22(24)26/h2-9,14,16,18,20H,10-13H2,1H3,(H,29,30)/b28-15-/t16-,18-,20+/m1/s1. The number of pyridine rings is 1. The van der Waals surface area contributed by atoms with Crippen LogP contribution in [0.3, 0.4) is 0 Å². The molecule has 0 unspecified atom stereocenters. The minimum Gasteiger partial charge on any atom is -0.267 e. The van der Waals surface area contributed by atoms with Gasteiger partial charge in [0.1, 0.15) is 0 Å². The molecule has 0 aliphatic heterocycles. The lowest BCUT2D eigenvalue weighted by molar-refractivity contribution is 0.0956. The third-order valence-corrected chi connectivity index (χ3v) is 7.02. The molecule has 2 aromatic carbocycles. The average Bonchev–Trinajstić information content (AvgIpc) is 3.41. The molecule has 2 aliphatic carbocycles. The Morgan fingerprint density at radius 1 is 1.10 bits per heavy atom. The Hall–Kier alpha value is -2.72. The van der Waals surface area contributed by atoms with Crippen LogP contribution in [0.15, 0.2) is 59.7 Å². The van der Waals surface area contributed by atoms with Gasteiger partial charge in [0.15, 0.2) is 0 Å². The zero-order valence-electron chi connectivity index (χ0n) is 16.9. The third-order valence-electron chi connectivity index (χ3n) is 6.71. The second kappa shape index (κ2) is 7.84. The van der Waals surface area contributed by atoms with Gasteiger partial charge in [-0.1, -0.05) is 60.5 Å². The topological polar surface area (TPSA) is 54.4 Å². The van der Waals surface area contributed by atoms with Crippen molar-refractivity contribution in [1.82, 2.24) is 10.4 Å². The van der Waals surface area contributed by atoms with Crippen molar-refractivity contribution in [2.75, 3.05) is 0 Å². The quantitative estimate of drug-likeness (QED) is 0.412. The smallest absolute Gasteiger partial charge is 0.267 e. The number of hydrogen-bond donors (Lipinski definition) is 1. The van der Waals surface area contributed by atoms with Gasteiger partial charge in [-0.15, -0.1) is 0 Å². The van der Waals surface area contributed by atoms with Crippen LogP contribution in [0, 0.1) is 17.8 Å². The largest absolute Gasteiger partial charge is 0.272 e.